The van der Waals surface area contributed by atoms with Gasteiger partial charge in [0.2, 0.25) is 0 Å². The fraction of sp³-hybridized carbons (Fsp3) is 0.538. The first-order valence-corrected chi connectivity index (χ1v) is 6.96. The molecule has 1 aliphatic heterocycles. The molecule has 1 aromatic carbocycles. The van der Waals surface area contributed by atoms with Gasteiger partial charge in [-0.15, -0.1) is 0 Å². The van der Waals surface area contributed by atoms with Crippen LogP contribution in [0.2, 0.25) is 0 Å². The molecule has 0 amide bonds. The number of halogens is 1. The summed E-state index contributed by atoms with van der Waals surface area (Å²) in [6.45, 7) is 1.92. The van der Waals surface area contributed by atoms with Crippen LogP contribution in [0.5, 0.6) is 0 Å². The first kappa shape index (κ1) is 11.9. The van der Waals surface area contributed by atoms with E-state index in [1.165, 1.54) is 37.1 Å². The molecule has 0 radical (unpaired) electrons. The summed E-state index contributed by atoms with van der Waals surface area (Å²) in [7, 11) is 0. The number of rotatable bonds is 4. The van der Waals surface area contributed by atoms with Crippen molar-refractivity contribution in [3.8, 4) is 0 Å². The van der Waals surface area contributed by atoms with Gasteiger partial charge in [0.1, 0.15) is 5.82 Å². The van der Waals surface area contributed by atoms with Gasteiger partial charge in [-0.1, -0.05) is 18.6 Å². The second-order valence-corrected chi connectivity index (χ2v) is 5.65. The molecule has 1 heterocycles. The zero-order valence-electron chi connectivity index (χ0n) is 9.42. The quantitative estimate of drug-likeness (QED) is 0.866. The summed E-state index contributed by atoms with van der Waals surface area (Å²) in [5.74, 6) is 1.15. The van der Waals surface area contributed by atoms with Gasteiger partial charge in [0.05, 0.1) is 0 Å². The molecule has 0 bridgehead atoms. The second kappa shape index (κ2) is 6.26. The lowest BCUT2D eigenvalue weighted by Crippen LogP contribution is -2.26. The highest BCUT2D eigenvalue weighted by atomic mass is 32.2. The maximum absolute atomic E-state index is 12.7. The summed E-state index contributed by atoms with van der Waals surface area (Å²) in [5, 5.41) is 4.22. The lowest BCUT2D eigenvalue weighted by atomic mass is 10.2. The van der Waals surface area contributed by atoms with Crippen molar-refractivity contribution in [2.24, 2.45) is 0 Å². The fourth-order valence-corrected chi connectivity index (χ4v) is 3.22. The van der Waals surface area contributed by atoms with Crippen LogP contribution in [0.4, 0.5) is 4.39 Å². The maximum Gasteiger partial charge on any atom is 0.123 e. The normalized spacial score (nSPS) is 20.9. The zero-order chi connectivity index (χ0) is 11.2. The lowest BCUT2D eigenvalue weighted by Gasteiger charge is -2.21. The molecular formula is C13H18FNS. The third-order valence-corrected chi connectivity index (χ3v) is 4.29. The Bertz CT molecular complexity index is 306. The summed E-state index contributed by atoms with van der Waals surface area (Å²) in [5.41, 5.74) is 1.15. The van der Waals surface area contributed by atoms with Crippen LogP contribution in [-0.4, -0.2) is 17.5 Å². The van der Waals surface area contributed by atoms with Crippen molar-refractivity contribution in [1.82, 2.24) is 5.32 Å². The zero-order valence-corrected chi connectivity index (χ0v) is 10.2. The molecular weight excluding hydrogens is 221 g/mol. The van der Waals surface area contributed by atoms with Crippen molar-refractivity contribution in [3.63, 3.8) is 0 Å². The van der Waals surface area contributed by atoms with E-state index in [9.17, 15) is 4.39 Å². The molecule has 0 spiro atoms. The summed E-state index contributed by atoms with van der Waals surface area (Å²) >= 11 is 2.08. The fourth-order valence-electron chi connectivity index (χ4n) is 1.95. The molecule has 1 saturated heterocycles. The highest BCUT2D eigenvalue weighted by molar-refractivity contribution is 7.99. The van der Waals surface area contributed by atoms with E-state index in [0.717, 1.165) is 23.9 Å². The second-order valence-electron chi connectivity index (χ2n) is 4.25. The Labute approximate surface area is 101 Å². The average Bonchev–Trinajstić information content (AvgIpc) is 2.33. The van der Waals surface area contributed by atoms with E-state index >= 15 is 0 Å². The summed E-state index contributed by atoms with van der Waals surface area (Å²) in [6.07, 6.45) is 4.08. The minimum atomic E-state index is -0.161. The molecule has 1 aromatic rings. The van der Waals surface area contributed by atoms with Gasteiger partial charge in [0.25, 0.3) is 0 Å². The topological polar surface area (TPSA) is 12.0 Å². The van der Waals surface area contributed by atoms with E-state index in [4.69, 9.17) is 0 Å². The molecule has 0 aliphatic carbocycles. The molecule has 16 heavy (non-hydrogen) atoms. The van der Waals surface area contributed by atoms with Gasteiger partial charge in [-0.25, -0.2) is 4.39 Å². The number of hydrogen-bond acceptors (Lipinski definition) is 2. The van der Waals surface area contributed by atoms with Gasteiger partial charge in [0, 0.05) is 18.3 Å². The Morgan fingerprint density at radius 3 is 2.75 bits per heavy atom. The minimum absolute atomic E-state index is 0.161. The van der Waals surface area contributed by atoms with Crippen molar-refractivity contribution < 1.29 is 4.39 Å². The first-order chi connectivity index (χ1) is 7.84. The highest BCUT2D eigenvalue weighted by Gasteiger charge is 2.12. The Hall–Kier alpha value is -0.540. The van der Waals surface area contributed by atoms with Crippen LogP contribution in [0.3, 0.4) is 0 Å². The average molecular weight is 239 g/mol. The van der Waals surface area contributed by atoms with Crippen LogP contribution in [-0.2, 0) is 6.54 Å². The van der Waals surface area contributed by atoms with E-state index < -0.39 is 0 Å². The predicted octanol–water partition coefficient (Wildman–Crippen LogP) is 3.20. The van der Waals surface area contributed by atoms with E-state index in [1.54, 1.807) is 0 Å². The molecule has 3 heteroatoms. The molecule has 1 nitrogen and oxygen atoms in total. The highest BCUT2D eigenvalue weighted by Crippen LogP contribution is 2.24. The number of nitrogens with one attached hydrogen (secondary N) is 1. The van der Waals surface area contributed by atoms with Crippen LogP contribution >= 0.6 is 11.8 Å². The van der Waals surface area contributed by atoms with E-state index in [1.807, 2.05) is 12.1 Å². The van der Waals surface area contributed by atoms with Gasteiger partial charge in [-0.2, -0.15) is 11.8 Å². The van der Waals surface area contributed by atoms with Crippen molar-refractivity contribution >= 4 is 11.8 Å². The van der Waals surface area contributed by atoms with Gasteiger partial charge < -0.3 is 5.32 Å². The van der Waals surface area contributed by atoms with Gasteiger partial charge in [-0.05, 0) is 36.3 Å². The standard InChI is InChI=1S/C13H18FNS/c14-12-6-4-11(5-7-12)9-15-10-13-3-1-2-8-16-13/h4-7,13,15H,1-3,8-10H2. The molecule has 88 valence electrons. The third-order valence-electron chi connectivity index (χ3n) is 2.89. The first-order valence-electron chi connectivity index (χ1n) is 5.91. The molecule has 1 N–H and O–H groups in total. The third kappa shape index (κ3) is 3.80. The van der Waals surface area contributed by atoms with Crippen molar-refractivity contribution in [2.45, 2.75) is 31.1 Å². The molecule has 2 rings (SSSR count). The van der Waals surface area contributed by atoms with Crippen molar-refractivity contribution in [2.75, 3.05) is 12.3 Å². The molecule has 1 aliphatic rings. The minimum Gasteiger partial charge on any atom is -0.312 e. The van der Waals surface area contributed by atoms with E-state index in [2.05, 4.69) is 17.1 Å². The molecule has 1 atom stereocenters. The largest absolute Gasteiger partial charge is 0.312 e. The number of benzene rings is 1. The van der Waals surface area contributed by atoms with Crippen molar-refractivity contribution in [1.29, 1.82) is 0 Å². The number of thioether (sulfide) groups is 1. The van der Waals surface area contributed by atoms with Crippen LogP contribution in [0.1, 0.15) is 24.8 Å². The molecule has 0 aromatic heterocycles. The Morgan fingerprint density at radius 2 is 2.06 bits per heavy atom. The summed E-state index contributed by atoms with van der Waals surface area (Å²) in [6, 6.07) is 6.73. The van der Waals surface area contributed by atoms with Crippen molar-refractivity contribution in [3.05, 3.63) is 35.6 Å². The Balaban J connectivity index is 1.69. The monoisotopic (exact) mass is 239 g/mol. The Kier molecular flexibility index (Phi) is 4.67. The van der Waals surface area contributed by atoms with Gasteiger partial charge >= 0.3 is 0 Å². The lowest BCUT2D eigenvalue weighted by molar-refractivity contribution is 0.596. The van der Waals surface area contributed by atoms with Crippen LogP contribution in [0, 0.1) is 5.82 Å². The number of hydrogen-bond donors (Lipinski definition) is 1. The van der Waals surface area contributed by atoms with Gasteiger partial charge in [0.15, 0.2) is 0 Å². The molecule has 1 fully saturated rings. The van der Waals surface area contributed by atoms with E-state index in [0.29, 0.717) is 0 Å². The smallest absolute Gasteiger partial charge is 0.123 e. The molecule has 0 saturated carbocycles. The summed E-state index contributed by atoms with van der Waals surface area (Å²) < 4.78 is 12.7. The SMILES string of the molecule is Fc1ccc(CNCC2CCCCS2)cc1. The van der Waals surface area contributed by atoms with Crippen LogP contribution in [0.15, 0.2) is 24.3 Å². The van der Waals surface area contributed by atoms with E-state index in [-0.39, 0.29) is 5.82 Å². The van der Waals surface area contributed by atoms with Crippen LogP contribution in [0.25, 0.3) is 0 Å². The Morgan fingerprint density at radius 1 is 1.25 bits per heavy atom. The van der Waals surface area contributed by atoms with Crippen LogP contribution < -0.4 is 5.32 Å². The maximum atomic E-state index is 12.7. The van der Waals surface area contributed by atoms with Gasteiger partial charge in [-0.3, -0.25) is 0 Å². The summed E-state index contributed by atoms with van der Waals surface area (Å²) in [4.78, 5) is 0. The predicted molar refractivity (Wildman–Crippen MR) is 68.2 cm³/mol. The molecule has 1 unspecified atom stereocenters.